The van der Waals surface area contributed by atoms with Crippen molar-refractivity contribution in [3.63, 3.8) is 0 Å². The van der Waals surface area contributed by atoms with Crippen LogP contribution in [0.1, 0.15) is 57.8 Å². The van der Waals surface area contributed by atoms with Crippen molar-refractivity contribution < 1.29 is 9.90 Å². The molecule has 0 aliphatic heterocycles. The van der Waals surface area contributed by atoms with Crippen LogP contribution in [0, 0.1) is 5.92 Å². The van der Waals surface area contributed by atoms with Gasteiger partial charge in [0.05, 0.1) is 18.1 Å². The highest BCUT2D eigenvalue weighted by Crippen LogP contribution is 2.30. The predicted octanol–water partition coefficient (Wildman–Crippen LogP) is 1.32. The van der Waals surface area contributed by atoms with E-state index in [0.29, 0.717) is 0 Å². The van der Waals surface area contributed by atoms with Crippen LogP contribution in [-0.2, 0) is 4.79 Å². The predicted molar refractivity (Wildman–Crippen MR) is 71.0 cm³/mol. The first-order chi connectivity index (χ1) is 8.67. The second-order valence-corrected chi connectivity index (χ2v) is 6.04. The molecule has 0 radical (unpaired) electrons. The molecule has 0 saturated heterocycles. The van der Waals surface area contributed by atoms with Crippen molar-refractivity contribution in [2.75, 3.05) is 6.61 Å². The highest BCUT2D eigenvalue weighted by Gasteiger charge is 2.36. The zero-order valence-corrected chi connectivity index (χ0v) is 11.2. The number of aliphatic hydroxyl groups excluding tert-OH is 1. The topological polar surface area (TPSA) is 75.4 Å². The molecule has 1 amide bonds. The van der Waals surface area contributed by atoms with Crippen molar-refractivity contribution in [3.05, 3.63) is 0 Å². The van der Waals surface area contributed by atoms with Gasteiger partial charge in [-0.15, -0.1) is 0 Å². The molecule has 2 aliphatic rings. The molecule has 2 atom stereocenters. The van der Waals surface area contributed by atoms with E-state index in [1.54, 1.807) is 0 Å². The summed E-state index contributed by atoms with van der Waals surface area (Å²) < 4.78 is 0. The SMILES string of the molecule is NC1CCCCC1C(=O)NC1(CO)CCCCC1. The average Bonchev–Trinajstić information content (AvgIpc) is 2.40. The fourth-order valence-corrected chi connectivity index (χ4v) is 3.39. The number of carbonyl (C=O) groups is 1. The molecular weight excluding hydrogens is 228 g/mol. The first-order valence-corrected chi connectivity index (χ1v) is 7.35. The summed E-state index contributed by atoms with van der Waals surface area (Å²) in [5.41, 5.74) is 5.68. The number of hydrogen-bond acceptors (Lipinski definition) is 3. The summed E-state index contributed by atoms with van der Waals surface area (Å²) in [6, 6.07) is -0.00177. The van der Waals surface area contributed by atoms with Gasteiger partial charge in [0.15, 0.2) is 0 Å². The van der Waals surface area contributed by atoms with Crippen molar-refractivity contribution in [3.8, 4) is 0 Å². The van der Waals surface area contributed by atoms with E-state index >= 15 is 0 Å². The lowest BCUT2D eigenvalue weighted by Gasteiger charge is -2.39. The third-order valence-electron chi connectivity index (χ3n) is 4.66. The first kappa shape index (κ1) is 13.8. The fourth-order valence-electron chi connectivity index (χ4n) is 3.39. The number of carbonyl (C=O) groups excluding carboxylic acids is 1. The van der Waals surface area contributed by atoms with Crippen molar-refractivity contribution >= 4 is 5.91 Å². The minimum Gasteiger partial charge on any atom is -0.394 e. The van der Waals surface area contributed by atoms with Crippen molar-refractivity contribution in [2.45, 2.75) is 69.4 Å². The normalized spacial score (nSPS) is 31.9. The van der Waals surface area contributed by atoms with Crippen LogP contribution in [0.4, 0.5) is 0 Å². The van der Waals surface area contributed by atoms with Crippen LogP contribution in [0.2, 0.25) is 0 Å². The van der Waals surface area contributed by atoms with Crippen molar-refractivity contribution in [1.29, 1.82) is 0 Å². The van der Waals surface area contributed by atoms with Crippen LogP contribution in [-0.4, -0.2) is 29.2 Å². The highest BCUT2D eigenvalue weighted by molar-refractivity contribution is 5.80. The van der Waals surface area contributed by atoms with E-state index < -0.39 is 0 Å². The molecule has 0 bridgehead atoms. The van der Waals surface area contributed by atoms with Crippen LogP contribution in [0.25, 0.3) is 0 Å². The molecule has 104 valence electrons. The van der Waals surface area contributed by atoms with Gasteiger partial charge in [-0.25, -0.2) is 0 Å². The lowest BCUT2D eigenvalue weighted by molar-refractivity contribution is -0.129. The van der Waals surface area contributed by atoms with Crippen molar-refractivity contribution in [2.24, 2.45) is 11.7 Å². The van der Waals surface area contributed by atoms with E-state index in [1.807, 2.05) is 0 Å². The minimum absolute atomic E-state index is 0.00177. The quantitative estimate of drug-likeness (QED) is 0.711. The number of amides is 1. The molecule has 0 aromatic carbocycles. The lowest BCUT2D eigenvalue weighted by atomic mass is 9.80. The second-order valence-electron chi connectivity index (χ2n) is 6.04. The Labute approximate surface area is 109 Å². The molecule has 2 fully saturated rings. The standard InChI is InChI=1S/C14H26N2O2/c15-12-7-3-2-6-11(12)13(18)16-14(10-17)8-4-1-5-9-14/h11-12,17H,1-10,15H2,(H,16,18). The third kappa shape index (κ3) is 3.04. The Kier molecular flexibility index (Phi) is 4.62. The summed E-state index contributed by atoms with van der Waals surface area (Å²) in [6.45, 7) is 0.0562. The molecule has 0 heterocycles. The summed E-state index contributed by atoms with van der Waals surface area (Å²) in [5, 5.41) is 12.7. The zero-order valence-electron chi connectivity index (χ0n) is 11.2. The number of hydrogen-bond donors (Lipinski definition) is 3. The van der Waals surface area contributed by atoms with Gasteiger partial charge in [0.25, 0.3) is 0 Å². The van der Waals surface area contributed by atoms with E-state index in [1.165, 1.54) is 6.42 Å². The van der Waals surface area contributed by atoms with Crippen LogP contribution in [0.5, 0.6) is 0 Å². The smallest absolute Gasteiger partial charge is 0.225 e. The molecule has 0 aromatic rings. The summed E-state index contributed by atoms with van der Waals surface area (Å²) in [7, 11) is 0. The van der Waals surface area contributed by atoms with Crippen LogP contribution in [0.3, 0.4) is 0 Å². The Hall–Kier alpha value is -0.610. The molecule has 2 rings (SSSR count). The summed E-state index contributed by atoms with van der Waals surface area (Å²) >= 11 is 0. The van der Waals surface area contributed by atoms with Gasteiger partial charge in [0.2, 0.25) is 5.91 Å². The molecule has 4 N–H and O–H groups in total. The monoisotopic (exact) mass is 254 g/mol. The van der Waals surface area contributed by atoms with Crippen LogP contribution >= 0.6 is 0 Å². The van der Waals surface area contributed by atoms with Crippen molar-refractivity contribution in [1.82, 2.24) is 5.32 Å². The number of rotatable bonds is 3. The van der Waals surface area contributed by atoms with Crippen LogP contribution in [0.15, 0.2) is 0 Å². The average molecular weight is 254 g/mol. The Morgan fingerprint density at radius 2 is 1.83 bits per heavy atom. The largest absolute Gasteiger partial charge is 0.394 e. The molecule has 18 heavy (non-hydrogen) atoms. The van der Waals surface area contributed by atoms with Gasteiger partial charge in [-0.3, -0.25) is 4.79 Å². The summed E-state index contributed by atoms with van der Waals surface area (Å²) in [4.78, 5) is 12.3. The fraction of sp³-hybridized carbons (Fsp3) is 0.929. The van der Waals surface area contributed by atoms with Gasteiger partial charge in [0, 0.05) is 6.04 Å². The maximum absolute atomic E-state index is 12.3. The Bertz CT molecular complexity index is 288. The van der Waals surface area contributed by atoms with Crippen LogP contribution < -0.4 is 11.1 Å². The molecule has 4 heteroatoms. The number of nitrogens with two attached hydrogens (primary N) is 1. The zero-order chi connectivity index (χ0) is 13.0. The lowest BCUT2D eigenvalue weighted by Crippen LogP contribution is -2.56. The van der Waals surface area contributed by atoms with Gasteiger partial charge in [-0.2, -0.15) is 0 Å². The second kappa shape index (κ2) is 6.02. The van der Waals surface area contributed by atoms with Gasteiger partial charge >= 0.3 is 0 Å². The third-order valence-corrected chi connectivity index (χ3v) is 4.66. The van der Waals surface area contributed by atoms with Gasteiger partial charge in [-0.05, 0) is 25.7 Å². The van der Waals surface area contributed by atoms with Gasteiger partial charge in [-0.1, -0.05) is 32.1 Å². The maximum Gasteiger partial charge on any atom is 0.225 e. The van der Waals surface area contributed by atoms with Gasteiger partial charge in [0.1, 0.15) is 0 Å². The molecule has 0 aromatic heterocycles. The van der Waals surface area contributed by atoms with E-state index in [2.05, 4.69) is 5.32 Å². The maximum atomic E-state index is 12.3. The Balaban J connectivity index is 1.95. The molecule has 2 saturated carbocycles. The molecule has 4 nitrogen and oxygen atoms in total. The Morgan fingerprint density at radius 3 is 2.44 bits per heavy atom. The van der Waals surface area contributed by atoms with E-state index in [9.17, 15) is 9.90 Å². The minimum atomic E-state index is -0.369. The Morgan fingerprint density at radius 1 is 1.17 bits per heavy atom. The molecular formula is C14H26N2O2. The van der Waals surface area contributed by atoms with E-state index in [4.69, 9.17) is 5.73 Å². The van der Waals surface area contributed by atoms with Gasteiger partial charge < -0.3 is 16.2 Å². The molecule has 2 aliphatic carbocycles. The highest BCUT2D eigenvalue weighted by atomic mass is 16.3. The van der Waals surface area contributed by atoms with E-state index in [-0.39, 0.29) is 30.0 Å². The first-order valence-electron chi connectivity index (χ1n) is 7.35. The summed E-state index contributed by atoms with van der Waals surface area (Å²) in [6.07, 6.45) is 9.27. The number of nitrogens with one attached hydrogen (secondary N) is 1. The molecule has 2 unspecified atom stereocenters. The summed E-state index contributed by atoms with van der Waals surface area (Å²) in [5.74, 6) is 0.0160. The number of aliphatic hydroxyl groups is 1. The van der Waals surface area contributed by atoms with E-state index in [0.717, 1.165) is 51.4 Å². The molecule has 0 spiro atoms.